The summed E-state index contributed by atoms with van der Waals surface area (Å²) in [6, 6.07) is 4.07. The lowest BCUT2D eigenvalue weighted by molar-refractivity contribution is -0.116. The zero-order chi connectivity index (χ0) is 14.8. The molecule has 0 aromatic heterocycles. The third-order valence-electron chi connectivity index (χ3n) is 2.70. The SMILES string of the molecule is CCCCCCNC(=O)/C=C/Oc1ccc(O)c(O)c1. The van der Waals surface area contributed by atoms with Gasteiger partial charge in [0.15, 0.2) is 11.5 Å². The van der Waals surface area contributed by atoms with Crippen molar-refractivity contribution in [2.75, 3.05) is 6.54 Å². The second-order valence-electron chi connectivity index (χ2n) is 4.42. The molecular weight excluding hydrogens is 258 g/mol. The van der Waals surface area contributed by atoms with Gasteiger partial charge in [-0.1, -0.05) is 26.2 Å². The van der Waals surface area contributed by atoms with E-state index in [0.29, 0.717) is 12.3 Å². The maximum absolute atomic E-state index is 11.4. The highest BCUT2D eigenvalue weighted by molar-refractivity contribution is 5.87. The van der Waals surface area contributed by atoms with E-state index in [1.807, 2.05) is 0 Å². The number of hydrogen-bond acceptors (Lipinski definition) is 4. The molecule has 0 heterocycles. The van der Waals surface area contributed by atoms with Gasteiger partial charge in [-0.15, -0.1) is 0 Å². The molecule has 5 heteroatoms. The highest BCUT2D eigenvalue weighted by atomic mass is 16.5. The Labute approximate surface area is 118 Å². The summed E-state index contributed by atoms with van der Waals surface area (Å²) in [5.41, 5.74) is 0. The standard InChI is InChI=1S/C15H21NO4/c1-2-3-4-5-9-16-15(19)8-10-20-12-6-7-13(17)14(18)11-12/h6-8,10-11,17-18H,2-5,9H2,1H3,(H,16,19)/b10-8+. The molecule has 1 aromatic carbocycles. The van der Waals surface area contributed by atoms with Gasteiger partial charge in [0.25, 0.3) is 0 Å². The number of phenols is 2. The molecule has 1 amide bonds. The van der Waals surface area contributed by atoms with Gasteiger partial charge in [-0.2, -0.15) is 0 Å². The molecule has 110 valence electrons. The summed E-state index contributed by atoms with van der Waals surface area (Å²) in [4.78, 5) is 11.4. The summed E-state index contributed by atoms with van der Waals surface area (Å²) in [5.74, 6) is -0.362. The highest BCUT2D eigenvalue weighted by Gasteiger charge is 2.00. The number of carbonyl (C=O) groups is 1. The molecule has 0 saturated carbocycles. The quantitative estimate of drug-likeness (QED) is 0.296. The van der Waals surface area contributed by atoms with Crippen molar-refractivity contribution in [1.82, 2.24) is 5.32 Å². The number of phenolic OH excluding ortho intramolecular Hbond substituents is 2. The third-order valence-corrected chi connectivity index (χ3v) is 2.70. The van der Waals surface area contributed by atoms with Gasteiger partial charge in [-0.3, -0.25) is 4.79 Å². The predicted molar refractivity (Wildman–Crippen MR) is 76.7 cm³/mol. The number of carbonyl (C=O) groups excluding carboxylic acids is 1. The first-order chi connectivity index (χ1) is 9.63. The molecule has 1 aromatic rings. The molecule has 0 aliphatic rings. The highest BCUT2D eigenvalue weighted by Crippen LogP contribution is 2.28. The van der Waals surface area contributed by atoms with Crippen LogP contribution in [0.25, 0.3) is 0 Å². The van der Waals surface area contributed by atoms with Gasteiger partial charge in [-0.25, -0.2) is 0 Å². The van der Waals surface area contributed by atoms with Crippen LogP contribution < -0.4 is 10.1 Å². The number of aromatic hydroxyl groups is 2. The largest absolute Gasteiger partial charge is 0.504 e. The molecule has 0 saturated heterocycles. The number of benzene rings is 1. The monoisotopic (exact) mass is 279 g/mol. The first kappa shape index (κ1) is 15.9. The van der Waals surface area contributed by atoms with Crippen LogP contribution in [-0.4, -0.2) is 22.7 Å². The Morgan fingerprint density at radius 1 is 1.25 bits per heavy atom. The van der Waals surface area contributed by atoms with Crippen LogP contribution in [0.15, 0.2) is 30.5 Å². The van der Waals surface area contributed by atoms with Crippen LogP contribution in [0, 0.1) is 0 Å². The fourth-order valence-corrected chi connectivity index (χ4v) is 1.57. The summed E-state index contributed by atoms with van der Waals surface area (Å²) in [6.45, 7) is 2.79. The number of hydrogen-bond donors (Lipinski definition) is 3. The fourth-order valence-electron chi connectivity index (χ4n) is 1.57. The van der Waals surface area contributed by atoms with Crippen molar-refractivity contribution in [2.45, 2.75) is 32.6 Å². The molecule has 5 nitrogen and oxygen atoms in total. The molecule has 0 unspecified atom stereocenters. The molecule has 1 rings (SSSR count). The maximum atomic E-state index is 11.4. The molecule has 0 spiro atoms. The zero-order valence-corrected chi connectivity index (χ0v) is 11.6. The van der Waals surface area contributed by atoms with Crippen molar-refractivity contribution in [2.24, 2.45) is 0 Å². The van der Waals surface area contributed by atoms with Crippen molar-refractivity contribution in [3.05, 3.63) is 30.5 Å². The number of ether oxygens (including phenoxy) is 1. The van der Waals surface area contributed by atoms with Gasteiger partial charge in [0.05, 0.1) is 6.26 Å². The Balaban J connectivity index is 2.26. The second kappa shape index (κ2) is 8.85. The molecular formula is C15H21NO4. The average molecular weight is 279 g/mol. The fraction of sp³-hybridized carbons (Fsp3) is 0.400. The van der Waals surface area contributed by atoms with Crippen LogP contribution in [0.5, 0.6) is 17.2 Å². The zero-order valence-electron chi connectivity index (χ0n) is 11.6. The van der Waals surface area contributed by atoms with E-state index in [2.05, 4.69) is 12.2 Å². The Bertz CT molecular complexity index is 457. The lowest BCUT2D eigenvalue weighted by Gasteiger charge is -2.03. The van der Waals surface area contributed by atoms with Gasteiger partial charge in [0, 0.05) is 18.7 Å². The summed E-state index contributed by atoms with van der Waals surface area (Å²) in [5, 5.41) is 21.1. The minimum Gasteiger partial charge on any atom is -0.504 e. The van der Waals surface area contributed by atoms with E-state index >= 15 is 0 Å². The van der Waals surface area contributed by atoms with Crippen LogP contribution >= 0.6 is 0 Å². The summed E-state index contributed by atoms with van der Waals surface area (Å²) >= 11 is 0. The molecule has 0 fully saturated rings. The lowest BCUT2D eigenvalue weighted by Crippen LogP contribution is -2.22. The third kappa shape index (κ3) is 6.13. The first-order valence-corrected chi connectivity index (χ1v) is 6.76. The van der Waals surface area contributed by atoms with Crippen LogP contribution in [0.1, 0.15) is 32.6 Å². The summed E-state index contributed by atoms with van der Waals surface area (Å²) < 4.78 is 5.14. The Hall–Kier alpha value is -2.17. The first-order valence-electron chi connectivity index (χ1n) is 6.76. The molecule has 0 aliphatic heterocycles. The van der Waals surface area contributed by atoms with Crippen LogP contribution in [-0.2, 0) is 4.79 Å². The van der Waals surface area contributed by atoms with Gasteiger partial charge in [0.1, 0.15) is 5.75 Å². The van der Waals surface area contributed by atoms with E-state index in [-0.39, 0.29) is 17.4 Å². The molecule has 0 radical (unpaired) electrons. The second-order valence-corrected chi connectivity index (χ2v) is 4.42. The van der Waals surface area contributed by atoms with Crippen molar-refractivity contribution < 1.29 is 19.7 Å². The predicted octanol–water partition coefficient (Wildman–Crippen LogP) is 2.69. The Morgan fingerprint density at radius 3 is 2.75 bits per heavy atom. The Kier molecular flexibility index (Phi) is 7.03. The molecule has 20 heavy (non-hydrogen) atoms. The Morgan fingerprint density at radius 2 is 2.05 bits per heavy atom. The van der Waals surface area contributed by atoms with Crippen molar-refractivity contribution in [1.29, 1.82) is 0 Å². The van der Waals surface area contributed by atoms with Crippen molar-refractivity contribution in [3.63, 3.8) is 0 Å². The number of unbranched alkanes of at least 4 members (excludes halogenated alkanes) is 3. The topological polar surface area (TPSA) is 78.8 Å². The van der Waals surface area contributed by atoms with E-state index in [4.69, 9.17) is 9.84 Å². The van der Waals surface area contributed by atoms with Crippen molar-refractivity contribution in [3.8, 4) is 17.2 Å². The number of rotatable bonds is 8. The average Bonchev–Trinajstić information content (AvgIpc) is 2.42. The lowest BCUT2D eigenvalue weighted by atomic mass is 10.2. The minimum atomic E-state index is -0.267. The van der Waals surface area contributed by atoms with Gasteiger partial charge < -0.3 is 20.3 Å². The minimum absolute atomic E-state index is 0.217. The molecule has 0 atom stereocenters. The van der Waals surface area contributed by atoms with Gasteiger partial charge in [0.2, 0.25) is 5.91 Å². The summed E-state index contributed by atoms with van der Waals surface area (Å²) in [6.07, 6.45) is 6.96. The number of amides is 1. The van der Waals surface area contributed by atoms with Crippen molar-refractivity contribution >= 4 is 5.91 Å². The molecule has 0 bridgehead atoms. The van der Waals surface area contributed by atoms with E-state index in [9.17, 15) is 9.90 Å². The van der Waals surface area contributed by atoms with E-state index < -0.39 is 0 Å². The van der Waals surface area contributed by atoms with Crippen LogP contribution in [0.2, 0.25) is 0 Å². The van der Waals surface area contributed by atoms with Crippen LogP contribution in [0.3, 0.4) is 0 Å². The summed E-state index contributed by atoms with van der Waals surface area (Å²) in [7, 11) is 0. The maximum Gasteiger partial charge on any atom is 0.247 e. The van der Waals surface area contributed by atoms with Gasteiger partial charge in [-0.05, 0) is 18.6 Å². The van der Waals surface area contributed by atoms with Gasteiger partial charge >= 0.3 is 0 Å². The van der Waals surface area contributed by atoms with E-state index in [1.54, 1.807) is 0 Å². The smallest absolute Gasteiger partial charge is 0.247 e. The number of nitrogens with one attached hydrogen (secondary N) is 1. The van der Waals surface area contributed by atoms with E-state index in [0.717, 1.165) is 12.8 Å². The van der Waals surface area contributed by atoms with Crippen LogP contribution in [0.4, 0.5) is 0 Å². The molecule has 0 aliphatic carbocycles. The normalized spacial score (nSPS) is 10.7. The van der Waals surface area contributed by atoms with E-state index in [1.165, 1.54) is 43.4 Å². The molecule has 3 N–H and O–H groups in total.